The van der Waals surface area contributed by atoms with Crippen LogP contribution in [0.4, 0.5) is 0 Å². The van der Waals surface area contributed by atoms with E-state index in [1.807, 2.05) is 0 Å². The van der Waals surface area contributed by atoms with Crippen molar-refractivity contribution in [2.45, 2.75) is 25.8 Å². The first-order chi connectivity index (χ1) is 8.31. The van der Waals surface area contributed by atoms with Crippen LogP contribution in [0.1, 0.15) is 19.8 Å². The lowest BCUT2D eigenvalue weighted by Crippen LogP contribution is -2.31. The molecule has 1 aliphatic rings. The van der Waals surface area contributed by atoms with E-state index in [0.29, 0.717) is 6.42 Å². The van der Waals surface area contributed by atoms with E-state index in [2.05, 4.69) is 9.50 Å². The van der Waals surface area contributed by atoms with E-state index < -0.39 is 22.0 Å². The quantitative estimate of drug-likeness (QED) is 0.516. The maximum Gasteiger partial charge on any atom is 0.306 e. The summed E-state index contributed by atoms with van der Waals surface area (Å²) in [5.41, 5.74) is 0. The van der Waals surface area contributed by atoms with Crippen molar-refractivity contribution in [1.82, 2.24) is 5.32 Å². The molecule has 0 saturated carbocycles. The van der Waals surface area contributed by atoms with Crippen molar-refractivity contribution in [1.29, 1.82) is 0 Å². The Kier molecular flexibility index (Phi) is 5.09. The van der Waals surface area contributed by atoms with Gasteiger partial charge in [-0.15, -0.1) is 0 Å². The van der Waals surface area contributed by atoms with Gasteiger partial charge in [0.2, 0.25) is 5.91 Å². The molecule has 0 aliphatic carbocycles. The Morgan fingerprint density at radius 1 is 1.50 bits per heavy atom. The zero-order valence-electron chi connectivity index (χ0n) is 10.3. The molecule has 1 heterocycles. The largest absolute Gasteiger partial charge is 0.466 e. The van der Waals surface area contributed by atoms with Crippen LogP contribution >= 0.6 is 0 Å². The molecule has 1 N–H and O–H groups in total. The van der Waals surface area contributed by atoms with Gasteiger partial charge in [0.15, 0.2) is 0 Å². The Morgan fingerprint density at radius 3 is 2.72 bits per heavy atom. The predicted octanol–water partition coefficient (Wildman–Crippen LogP) is -0.579. The van der Waals surface area contributed by atoms with Gasteiger partial charge in [-0.1, -0.05) is 0 Å². The van der Waals surface area contributed by atoms with Gasteiger partial charge >= 0.3 is 5.97 Å². The highest BCUT2D eigenvalue weighted by atomic mass is 32.2. The van der Waals surface area contributed by atoms with Crippen LogP contribution in [0, 0.1) is 5.92 Å². The molecule has 0 aromatic rings. The summed E-state index contributed by atoms with van der Waals surface area (Å²) in [5.74, 6) is -1.18. The highest BCUT2D eigenvalue weighted by Crippen LogP contribution is 2.20. The van der Waals surface area contributed by atoms with E-state index in [1.165, 1.54) is 0 Å². The fourth-order valence-corrected chi connectivity index (χ4v) is 2.15. The monoisotopic (exact) mass is 279 g/mol. The van der Waals surface area contributed by atoms with Crippen molar-refractivity contribution in [3.63, 3.8) is 0 Å². The van der Waals surface area contributed by atoms with Gasteiger partial charge in [-0.2, -0.15) is 8.42 Å². The standard InChI is InChI=1S/C10H17NO6S/c1-3-16-9(12)5-7-4-8(11-10(7)13)6-17-18(2,14)15/h7-8H,3-6H2,1-2H3,(H,11,13)/t7-,8+/m0/s1. The molecule has 7 nitrogen and oxygen atoms in total. The summed E-state index contributed by atoms with van der Waals surface area (Å²) in [6.45, 7) is 1.85. The van der Waals surface area contributed by atoms with Gasteiger partial charge < -0.3 is 10.1 Å². The van der Waals surface area contributed by atoms with Crippen LogP contribution in [0.15, 0.2) is 0 Å². The second-order valence-electron chi connectivity index (χ2n) is 4.14. The molecular formula is C10H17NO6S. The van der Waals surface area contributed by atoms with Crippen molar-refractivity contribution < 1.29 is 26.9 Å². The van der Waals surface area contributed by atoms with Crippen LogP contribution in [0.2, 0.25) is 0 Å². The maximum atomic E-state index is 11.5. The molecule has 0 radical (unpaired) electrons. The number of carbonyl (C=O) groups excluding carboxylic acids is 2. The van der Waals surface area contributed by atoms with E-state index in [1.54, 1.807) is 6.92 Å². The molecule has 18 heavy (non-hydrogen) atoms. The average molecular weight is 279 g/mol. The van der Waals surface area contributed by atoms with Gasteiger partial charge in [-0.3, -0.25) is 13.8 Å². The lowest BCUT2D eigenvalue weighted by atomic mass is 10.0. The predicted molar refractivity (Wildman–Crippen MR) is 62.1 cm³/mol. The summed E-state index contributed by atoms with van der Waals surface area (Å²) >= 11 is 0. The van der Waals surface area contributed by atoms with Crippen LogP contribution in [0.25, 0.3) is 0 Å². The molecule has 0 aromatic heterocycles. The zero-order valence-corrected chi connectivity index (χ0v) is 11.2. The summed E-state index contributed by atoms with van der Waals surface area (Å²) in [6.07, 6.45) is 1.32. The molecule has 0 unspecified atom stereocenters. The van der Waals surface area contributed by atoms with Crippen LogP contribution < -0.4 is 5.32 Å². The number of hydrogen-bond acceptors (Lipinski definition) is 6. The molecule has 2 atom stereocenters. The molecule has 104 valence electrons. The molecule has 1 amide bonds. The molecule has 1 rings (SSSR count). The first-order valence-corrected chi connectivity index (χ1v) is 7.44. The topological polar surface area (TPSA) is 98.8 Å². The molecule has 0 bridgehead atoms. The van der Waals surface area contributed by atoms with Crippen molar-refractivity contribution in [3.8, 4) is 0 Å². The first kappa shape index (κ1) is 14.9. The minimum Gasteiger partial charge on any atom is -0.466 e. The highest BCUT2D eigenvalue weighted by Gasteiger charge is 2.34. The summed E-state index contributed by atoms with van der Waals surface area (Å²) in [4.78, 5) is 22.8. The summed E-state index contributed by atoms with van der Waals surface area (Å²) < 4.78 is 31.0. The summed E-state index contributed by atoms with van der Waals surface area (Å²) in [6, 6.07) is -0.383. The number of rotatable bonds is 6. The molecule has 0 spiro atoms. The summed E-state index contributed by atoms with van der Waals surface area (Å²) in [5, 5.41) is 2.59. The van der Waals surface area contributed by atoms with Gasteiger partial charge in [-0.25, -0.2) is 0 Å². The number of carbonyl (C=O) groups is 2. The van der Waals surface area contributed by atoms with Gasteiger partial charge in [0, 0.05) is 0 Å². The minimum atomic E-state index is -3.52. The lowest BCUT2D eigenvalue weighted by Gasteiger charge is -2.08. The Labute approximate surface area is 106 Å². The second-order valence-corrected chi connectivity index (χ2v) is 5.78. The average Bonchev–Trinajstić information content (AvgIpc) is 2.56. The highest BCUT2D eigenvalue weighted by molar-refractivity contribution is 7.85. The van der Waals surface area contributed by atoms with Crippen LogP contribution in [0.3, 0.4) is 0 Å². The van der Waals surface area contributed by atoms with Crippen molar-refractivity contribution in [2.75, 3.05) is 19.5 Å². The molecule has 0 aromatic carbocycles. The third-order valence-electron chi connectivity index (χ3n) is 2.49. The fourth-order valence-electron chi connectivity index (χ4n) is 1.74. The molecule has 1 saturated heterocycles. The van der Waals surface area contributed by atoms with E-state index in [9.17, 15) is 18.0 Å². The molecular weight excluding hydrogens is 262 g/mol. The normalized spacial score (nSPS) is 23.8. The fraction of sp³-hybridized carbons (Fsp3) is 0.800. The van der Waals surface area contributed by atoms with E-state index in [-0.39, 0.29) is 31.6 Å². The number of ether oxygens (including phenoxy) is 1. The SMILES string of the molecule is CCOC(=O)C[C@@H]1C[C@H](COS(C)(=O)=O)NC1=O. The Bertz CT molecular complexity index is 418. The third kappa shape index (κ3) is 5.01. The number of amides is 1. The van der Waals surface area contributed by atoms with Crippen LogP contribution in [-0.4, -0.2) is 45.8 Å². The van der Waals surface area contributed by atoms with E-state index in [0.717, 1.165) is 6.26 Å². The number of esters is 1. The van der Waals surface area contributed by atoms with Crippen LogP contribution in [-0.2, 0) is 28.6 Å². The van der Waals surface area contributed by atoms with Crippen molar-refractivity contribution in [2.24, 2.45) is 5.92 Å². The second kappa shape index (κ2) is 6.14. The third-order valence-corrected chi connectivity index (χ3v) is 3.05. The van der Waals surface area contributed by atoms with E-state index in [4.69, 9.17) is 4.74 Å². The van der Waals surface area contributed by atoms with E-state index >= 15 is 0 Å². The Hall–Kier alpha value is -1.15. The number of nitrogens with one attached hydrogen (secondary N) is 1. The van der Waals surface area contributed by atoms with Crippen molar-refractivity contribution >= 4 is 22.0 Å². The zero-order chi connectivity index (χ0) is 13.8. The Balaban J connectivity index is 2.41. The molecule has 1 fully saturated rings. The minimum absolute atomic E-state index is 0.00898. The van der Waals surface area contributed by atoms with Gasteiger partial charge in [0.05, 0.1) is 37.9 Å². The van der Waals surface area contributed by atoms with Crippen LogP contribution in [0.5, 0.6) is 0 Å². The molecule has 1 aliphatic heterocycles. The van der Waals surface area contributed by atoms with Crippen molar-refractivity contribution in [3.05, 3.63) is 0 Å². The maximum absolute atomic E-state index is 11.5. The van der Waals surface area contributed by atoms with Gasteiger partial charge in [0.25, 0.3) is 10.1 Å². The molecule has 8 heteroatoms. The lowest BCUT2D eigenvalue weighted by molar-refractivity contribution is -0.145. The first-order valence-electron chi connectivity index (χ1n) is 5.62. The summed E-state index contributed by atoms with van der Waals surface area (Å²) in [7, 11) is -3.52. The van der Waals surface area contributed by atoms with Gasteiger partial charge in [0.1, 0.15) is 0 Å². The number of hydrogen-bond donors (Lipinski definition) is 1. The smallest absolute Gasteiger partial charge is 0.306 e. The van der Waals surface area contributed by atoms with Gasteiger partial charge in [-0.05, 0) is 13.3 Å². The Morgan fingerprint density at radius 2 is 2.17 bits per heavy atom.